The Morgan fingerprint density at radius 2 is 2.07 bits per heavy atom. The van der Waals surface area contributed by atoms with Crippen LogP contribution < -0.4 is 0 Å². The molecule has 3 heteroatoms. The predicted molar refractivity (Wildman–Crippen MR) is 115 cm³/mol. The van der Waals surface area contributed by atoms with Gasteiger partial charge in [-0.1, -0.05) is 48.5 Å². The van der Waals surface area contributed by atoms with Gasteiger partial charge in [-0.15, -0.1) is 0 Å². The Hall–Kier alpha value is -1.16. The fourth-order valence-electron chi connectivity index (χ4n) is 5.70. The number of hydrogen-bond donors (Lipinski definition) is 2. The molecule has 0 radical (unpaired) electrons. The Kier molecular flexibility index (Phi) is 6.38. The van der Waals surface area contributed by atoms with Crippen LogP contribution in [0.1, 0.15) is 54.4 Å². The van der Waals surface area contributed by atoms with Crippen LogP contribution in [0.25, 0.3) is 0 Å². The van der Waals surface area contributed by atoms with E-state index >= 15 is 0 Å². The number of allylic oxidation sites excluding steroid dienone is 6. The molecule has 0 aromatic carbocycles. The molecule has 156 valence electrons. The Balaban J connectivity index is 1.88. The number of hydrogen-bond acceptors (Lipinski definition) is 3. The fraction of sp³-hybridized carbons (Fsp3) is 0.680. The van der Waals surface area contributed by atoms with Gasteiger partial charge in [0.2, 0.25) is 0 Å². The molecule has 2 N–H and O–H groups in total. The standard InChI is InChI=1S/C25H38O3/c1-7-16(3)22-20(10-8-9-17(4)23(27)18(5)14-26)19-12-11-15(2)13-21(19)24-25(22,6)28-24/h7-11,18-24,26-27H,12-14H2,1-6H3/b10-8+,16-7+,17-9+/t18-,19-,20-,21+,22-,23+,24-,25+/m0/s1. The van der Waals surface area contributed by atoms with E-state index in [0.29, 0.717) is 29.8 Å². The number of aliphatic hydroxyl groups excluding tert-OH is 2. The monoisotopic (exact) mass is 386 g/mol. The van der Waals surface area contributed by atoms with Crippen LogP contribution in [0.2, 0.25) is 0 Å². The molecule has 0 unspecified atom stereocenters. The van der Waals surface area contributed by atoms with Crippen molar-refractivity contribution in [3.8, 4) is 0 Å². The van der Waals surface area contributed by atoms with Crippen molar-refractivity contribution in [2.24, 2.45) is 29.6 Å². The van der Waals surface area contributed by atoms with E-state index in [1.165, 1.54) is 11.1 Å². The highest BCUT2D eigenvalue weighted by Gasteiger charge is 2.68. The zero-order chi connectivity index (χ0) is 20.6. The van der Waals surface area contributed by atoms with Gasteiger partial charge < -0.3 is 14.9 Å². The van der Waals surface area contributed by atoms with Gasteiger partial charge in [0.15, 0.2) is 0 Å². The highest BCUT2D eigenvalue weighted by atomic mass is 16.6. The van der Waals surface area contributed by atoms with Gasteiger partial charge in [0, 0.05) is 18.4 Å². The van der Waals surface area contributed by atoms with Crippen molar-refractivity contribution in [3.63, 3.8) is 0 Å². The second-order valence-electron chi connectivity index (χ2n) is 9.53. The van der Waals surface area contributed by atoms with Crippen molar-refractivity contribution in [1.29, 1.82) is 0 Å². The van der Waals surface area contributed by atoms with Crippen LogP contribution >= 0.6 is 0 Å². The van der Waals surface area contributed by atoms with Gasteiger partial charge in [0.05, 0.1) is 17.8 Å². The number of fused-ring (bicyclic) bond motifs is 3. The zero-order valence-electron chi connectivity index (χ0n) is 18.4. The van der Waals surface area contributed by atoms with Crippen LogP contribution in [0.15, 0.2) is 47.1 Å². The maximum Gasteiger partial charge on any atom is 0.0993 e. The van der Waals surface area contributed by atoms with E-state index in [9.17, 15) is 10.2 Å². The molecule has 3 rings (SSSR count). The lowest BCUT2D eigenvalue weighted by molar-refractivity contribution is 0.103. The summed E-state index contributed by atoms with van der Waals surface area (Å²) >= 11 is 0. The lowest BCUT2D eigenvalue weighted by atomic mass is 9.57. The number of epoxide rings is 1. The first kappa shape index (κ1) is 21.5. The lowest BCUT2D eigenvalue weighted by Gasteiger charge is -2.45. The number of rotatable bonds is 6. The van der Waals surface area contributed by atoms with E-state index in [1.807, 2.05) is 19.9 Å². The smallest absolute Gasteiger partial charge is 0.0993 e. The third-order valence-corrected chi connectivity index (χ3v) is 7.55. The van der Waals surface area contributed by atoms with Gasteiger partial charge in [0.1, 0.15) is 0 Å². The van der Waals surface area contributed by atoms with E-state index in [-0.39, 0.29) is 18.1 Å². The Labute approximate surface area is 170 Å². The Morgan fingerprint density at radius 3 is 2.71 bits per heavy atom. The largest absolute Gasteiger partial charge is 0.396 e. The highest BCUT2D eigenvalue weighted by Crippen LogP contribution is 2.63. The zero-order valence-corrected chi connectivity index (χ0v) is 18.4. The van der Waals surface area contributed by atoms with Gasteiger partial charge >= 0.3 is 0 Å². The minimum Gasteiger partial charge on any atom is -0.396 e. The normalized spacial score (nSPS) is 40.6. The van der Waals surface area contributed by atoms with E-state index < -0.39 is 6.10 Å². The predicted octanol–water partition coefficient (Wildman–Crippen LogP) is 4.82. The summed E-state index contributed by atoms with van der Waals surface area (Å²) in [7, 11) is 0. The number of aliphatic hydroxyl groups is 2. The second-order valence-corrected chi connectivity index (χ2v) is 9.53. The third kappa shape index (κ3) is 3.81. The summed E-state index contributed by atoms with van der Waals surface area (Å²) in [6.07, 6.45) is 13.2. The van der Waals surface area contributed by atoms with E-state index in [2.05, 4.69) is 52.0 Å². The molecule has 2 aliphatic carbocycles. The molecule has 3 nitrogen and oxygen atoms in total. The molecule has 1 aliphatic heterocycles. The molecular weight excluding hydrogens is 348 g/mol. The first-order chi connectivity index (χ1) is 13.2. The van der Waals surface area contributed by atoms with Crippen molar-refractivity contribution in [2.75, 3.05) is 6.61 Å². The number of ether oxygens (including phenoxy) is 1. The van der Waals surface area contributed by atoms with Gasteiger partial charge in [-0.25, -0.2) is 0 Å². The van der Waals surface area contributed by atoms with Gasteiger partial charge in [-0.2, -0.15) is 0 Å². The minimum atomic E-state index is -0.601. The average Bonchev–Trinajstić information content (AvgIpc) is 3.38. The topological polar surface area (TPSA) is 53.0 Å². The first-order valence-electron chi connectivity index (χ1n) is 10.8. The maximum atomic E-state index is 10.3. The molecule has 0 spiro atoms. The molecular formula is C25H38O3. The quantitative estimate of drug-likeness (QED) is 0.391. The lowest BCUT2D eigenvalue weighted by Crippen LogP contribution is -2.46. The summed E-state index contributed by atoms with van der Waals surface area (Å²) in [6.45, 7) is 12.7. The maximum absolute atomic E-state index is 10.3. The van der Waals surface area contributed by atoms with Crippen LogP contribution in [0.5, 0.6) is 0 Å². The fourth-order valence-corrected chi connectivity index (χ4v) is 5.70. The second kappa shape index (κ2) is 8.30. The molecule has 28 heavy (non-hydrogen) atoms. The summed E-state index contributed by atoms with van der Waals surface area (Å²) in [5.41, 5.74) is 3.77. The molecule has 3 aliphatic rings. The average molecular weight is 387 g/mol. The molecule has 0 amide bonds. The highest BCUT2D eigenvalue weighted by molar-refractivity contribution is 5.30. The molecule has 0 aromatic heterocycles. The molecule has 8 atom stereocenters. The van der Waals surface area contributed by atoms with Crippen molar-refractivity contribution < 1.29 is 14.9 Å². The van der Waals surface area contributed by atoms with Crippen LogP contribution in [0.4, 0.5) is 0 Å². The van der Waals surface area contributed by atoms with Crippen molar-refractivity contribution in [2.45, 2.75) is 72.2 Å². The van der Waals surface area contributed by atoms with E-state index in [1.54, 1.807) is 0 Å². The van der Waals surface area contributed by atoms with Crippen LogP contribution in [0, 0.1) is 29.6 Å². The summed E-state index contributed by atoms with van der Waals surface area (Å²) < 4.78 is 6.38. The van der Waals surface area contributed by atoms with Crippen molar-refractivity contribution in [3.05, 3.63) is 47.1 Å². The Bertz CT molecular complexity index is 701. The van der Waals surface area contributed by atoms with Crippen molar-refractivity contribution >= 4 is 0 Å². The van der Waals surface area contributed by atoms with E-state index in [0.717, 1.165) is 18.4 Å². The summed E-state index contributed by atoms with van der Waals surface area (Å²) in [4.78, 5) is 0. The van der Waals surface area contributed by atoms with Crippen LogP contribution in [-0.2, 0) is 4.74 Å². The SMILES string of the molecule is C/C=C(\C)[C@H]1[C@@H](/C=C/C=C(\C)[C@@H](O)[C@@H](C)CO)[C@@H]2CC=C(C)C[C@H]2[C@@H]2O[C@@]21C. The molecule has 0 bridgehead atoms. The van der Waals surface area contributed by atoms with E-state index in [4.69, 9.17) is 4.74 Å². The third-order valence-electron chi connectivity index (χ3n) is 7.55. The van der Waals surface area contributed by atoms with Gasteiger partial charge in [-0.3, -0.25) is 0 Å². The Morgan fingerprint density at radius 1 is 1.36 bits per heavy atom. The van der Waals surface area contributed by atoms with Crippen LogP contribution in [0.3, 0.4) is 0 Å². The van der Waals surface area contributed by atoms with Crippen molar-refractivity contribution in [1.82, 2.24) is 0 Å². The van der Waals surface area contributed by atoms with Gasteiger partial charge in [-0.05, 0) is 70.8 Å². The first-order valence-corrected chi connectivity index (χ1v) is 10.8. The minimum absolute atomic E-state index is 0.00618. The molecule has 1 saturated heterocycles. The van der Waals surface area contributed by atoms with Gasteiger partial charge in [0.25, 0.3) is 0 Å². The summed E-state index contributed by atoms with van der Waals surface area (Å²) in [5, 5.41) is 19.6. The summed E-state index contributed by atoms with van der Waals surface area (Å²) in [5.74, 6) is 1.91. The molecule has 0 aromatic rings. The molecule has 1 heterocycles. The molecule has 1 saturated carbocycles. The molecule has 2 fully saturated rings. The van der Waals surface area contributed by atoms with Crippen LogP contribution in [-0.4, -0.2) is 34.6 Å². The summed E-state index contributed by atoms with van der Waals surface area (Å²) in [6, 6.07) is 0.